The van der Waals surface area contributed by atoms with Crippen molar-refractivity contribution in [3.05, 3.63) is 0 Å². The first-order valence-corrected chi connectivity index (χ1v) is 9.28. The first-order valence-electron chi connectivity index (χ1n) is 9.28. The summed E-state index contributed by atoms with van der Waals surface area (Å²) in [6.07, 6.45) is 0.581. The van der Waals surface area contributed by atoms with Crippen LogP contribution in [0.3, 0.4) is 0 Å². The SMILES string of the molecule is CCC(C)C(NC(=O)C(NC(=O)CNC(=O)C(N)C(C)C)C(C)C)C(=O)O. The summed E-state index contributed by atoms with van der Waals surface area (Å²) in [5.41, 5.74) is 5.71. The number of nitrogens with one attached hydrogen (secondary N) is 3. The van der Waals surface area contributed by atoms with Crippen molar-refractivity contribution in [1.82, 2.24) is 16.0 Å². The second-order valence-corrected chi connectivity index (χ2v) is 7.49. The Balaban J connectivity index is 4.88. The van der Waals surface area contributed by atoms with E-state index in [0.717, 1.165) is 0 Å². The normalized spacial score (nSPS) is 15.6. The van der Waals surface area contributed by atoms with Gasteiger partial charge in [0.25, 0.3) is 0 Å². The predicted octanol–water partition coefficient (Wildman–Crippen LogP) is -0.158. The van der Waals surface area contributed by atoms with Crippen molar-refractivity contribution in [3.8, 4) is 0 Å². The number of carbonyl (C=O) groups excluding carboxylic acids is 3. The molecule has 0 aliphatic heterocycles. The van der Waals surface area contributed by atoms with E-state index in [4.69, 9.17) is 5.73 Å². The van der Waals surface area contributed by atoms with Crippen LogP contribution in [-0.2, 0) is 19.2 Å². The van der Waals surface area contributed by atoms with E-state index >= 15 is 0 Å². The van der Waals surface area contributed by atoms with Gasteiger partial charge in [-0.25, -0.2) is 4.79 Å². The molecule has 0 bridgehead atoms. The van der Waals surface area contributed by atoms with Crippen LogP contribution in [0, 0.1) is 17.8 Å². The summed E-state index contributed by atoms with van der Waals surface area (Å²) >= 11 is 0. The Kier molecular flexibility index (Phi) is 10.6. The zero-order valence-corrected chi connectivity index (χ0v) is 17.0. The molecule has 6 N–H and O–H groups in total. The standard InChI is InChI=1S/C18H34N4O5/c1-7-11(6)15(18(26)27)22-17(25)14(10(4)5)21-12(23)8-20-16(24)13(19)9(2)3/h9-11,13-15H,7-8,19H2,1-6H3,(H,20,24)(H,21,23)(H,22,25)(H,26,27). The summed E-state index contributed by atoms with van der Waals surface area (Å²) in [5, 5.41) is 16.8. The molecule has 4 atom stereocenters. The van der Waals surface area contributed by atoms with Gasteiger partial charge >= 0.3 is 5.97 Å². The molecule has 3 amide bonds. The zero-order chi connectivity index (χ0) is 21.3. The smallest absolute Gasteiger partial charge is 0.326 e. The number of rotatable bonds is 11. The highest BCUT2D eigenvalue weighted by atomic mass is 16.4. The maximum atomic E-state index is 12.5. The first kappa shape index (κ1) is 24.8. The molecule has 0 fully saturated rings. The molecule has 0 aliphatic carbocycles. The molecular formula is C18H34N4O5. The van der Waals surface area contributed by atoms with Crippen molar-refractivity contribution >= 4 is 23.7 Å². The maximum Gasteiger partial charge on any atom is 0.326 e. The van der Waals surface area contributed by atoms with E-state index in [-0.39, 0.29) is 24.3 Å². The number of hydrogen-bond acceptors (Lipinski definition) is 5. The Morgan fingerprint density at radius 3 is 1.85 bits per heavy atom. The van der Waals surface area contributed by atoms with Gasteiger partial charge in [-0.15, -0.1) is 0 Å². The van der Waals surface area contributed by atoms with Crippen LogP contribution in [0.4, 0.5) is 0 Å². The van der Waals surface area contributed by atoms with Crippen molar-refractivity contribution in [3.63, 3.8) is 0 Å². The quantitative estimate of drug-likeness (QED) is 0.333. The second kappa shape index (κ2) is 11.5. The third kappa shape index (κ3) is 8.38. The monoisotopic (exact) mass is 386 g/mol. The fourth-order valence-electron chi connectivity index (χ4n) is 2.27. The Bertz CT molecular complexity index is 536. The minimum absolute atomic E-state index is 0.0734. The number of carbonyl (C=O) groups is 4. The van der Waals surface area contributed by atoms with Gasteiger partial charge in [-0.1, -0.05) is 48.0 Å². The third-order valence-electron chi connectivity index (χ3n) is 4.49. The van der Waals surface area contributed by atoms with Crippen molar-refractivity contribution in [1.29, 1.82) is 0 Å². The number of carboxylic acids is 1. The largest absolute Gasteiger partial charge is 0.480 e. The summed E-state index contributed by atoms with van der Waals surface area (Å²) < 4.78 is 0. The molecule has 0 heterocycles. The molecule has 0 saturated carbocycles. The minimum Gasteiger partial charge on any atom is -0.480 e. The molecule has 9 heteroatoms. The molecule has 27 heavy (non-hydrogen) atoms. The molecule has 0 aliphatic rings. The summed E-state index contributed by atoms with van der Waals surface area (Å²) in [4.78, 5) is 47.8. The van der Waals surface area contributed by atoms with E-state index in [1.807, 2.05) is 6.92 Å². The van der Waals surface area contributed by atoms with E-state index in [2.05, 4.69) is 16.0 Å². The number of nitrogens with two attached hydrogens (primary N) is 1. The van der Waals surface area contributed by atoms with Gasteiger partial charge in [0, 0.05) is 0 Å². The number of hydrogen-bond donors (Lipinski definition) is 5. The van der Waals surface area contributed by atoms with Gasteiger partial charge in [-0.05, 0) is 17.8 Å². The maximum absolute atomic E-state index is 12.5. The minimum atomic E-state index is -1.12. The Hall–Kier alpha value is -2.16. The van der Waals surface area contributed by atoms with Crippen LogP contribution in [0.15, 0.2) is 0 Å². The topological polar surface area (TPSA) is 151 Å². The highest BCUT2D eigenvalue weighted by molar-refractivity contribution is 5.92. The van der Waals surface area contributed by atoms with Crippen LogP contribution in [0.2, 0.25) is 0 Å². The average Bonchev–Trinajstić information content (AvgIpc) is 2.59. The highest BCUT2D eigenvalue weighted by Gasteiger charge is 2.31. The number of carboxylic acid groups (broad SMARTS) is 1. The summed E-state index contributed by atoms with van der Waals surface area (Å²) in [5.74, 6) is -3.30. The molecule has 0 radical (unpaired) electrons. The van der Waals surface area contributed by atoms with Crippen molar-refractivity contribution in [2.24, 2.45) is 23.5 Å². The van der Waals surface area contributed by atoms with Gasteiger partial charge < -0.3 is 26.8 Å². The van der Waals surface area contributed by atoms with Gasteiger partial charge in [-0.2, -0.15) is 0 Å². The second-order valence-electron chi connectivity index (χ2n) is 7.49. The molecule has 4 unspecified atom stereocenters. The molecule has 9 nitrogen and oxygen atoms in total. The molecule has 0 rings (SSSR count). The molecule has 0 aromatic carbocycles. The lowest BCUT2D eigenvalue weighted by Gasteiger charge is -2.26. The summed E-state index contributed by atoms with van der Waals surface area (Å²) in [6.45, 7) is 10.3. The molecule has 156 valence electrons. The van der Waals surface area contributed by atoms with Gasteiger partial charge in [0.1, 0.15) is 12.1 Å². The fraction of sp³-hybridized carbons (Fsp3) is 0.778. The number of aliphatic carboxylic acids is 1. The lowest BCUT2D eigenvalue weighted by Crippen LogP contribution is -2.56. The van der Waals surface area contributed by atoms with Gasteiger partial charge in [0.2, 0.25) is 17.7 Å². The molecule has 0 spiro atoms. The van der Waals surface area contributed by atoms with Crippen molar-refractivity contribution in [2.75, 3.05) is 6.54 Å². The fourth-order valence-corrected chi connectivity index (χ4v) is 2.27. The summed E-state index contributed by atoms with van der Waals surface area (Å²) in [7, 11) is 0. The third-order valence-corrected chi connectivity index (χ3v) is 4.49. The van der Waals surface area contributed by atoms with Gasteiger partial charge in [0.15, 0.2) is 0 Å². The lowest BCUT2D eigenvalue weighted by molar-refractivity contribution is -0.144. The van der Waals surface area contributed by atoms with E-state index in [9.17, 15) is 24.3 Å². The van der Waals surface area contributed by atoms with E-state index in [1.54, 1.807) is 34.6 Å². The average molecular weight is 386 g/mol. The Morgan fingerprint density at radius 1 is 0.889 bits per heavy atom. The lowest BCUT2D eigenvalue weighted by atomic mass is 9.97. The molecule has 0 aromatic heterocycles. The van der Waals surface area contributed by atoms with E-state index in [1.165, 1.54) is 0 Å². The van der Waals surface area contributed by atoms with Crippen LogP contribution in [0.5, 0.6) is 0 Å². The molecule has 0 aromatic rings. The van der Waals surface area contributed by atoms with Gasteiger partial charge in [0.05, 0.1) is 12.6 Å². The van der Waals surface area contributed by atoms with Gasteiger partial charge in [-0.3, -0.25) is 14.4 Å². The van der Waals surface area contributed by atoms with Crippen LogP contribution < -0.4 is 21.7 Å². The summed E-state index contributed by atoms with van der Waals surface area (Å²) in [6, 6.07) is -2.68. The molecular weight excluding hydrogens is 352 g/mol. The number of amides is 3. The van der Waals surface area contributed by atoms with Crippen molar-refractivity contribution < 1.29 is 24.3 Å². The Labute approximate surface area is 160 Å². The van der Waals surface area contributed by atoms with Crippen LogP contribution in [0.1, 0.15) is 48.0 Å². The van der Waals surface area contributed by atoms with Crippen LogP contribution in [0.25, 0.3) is 0 Å². The highest BCUT2D eigenvalue weighted by Crippen LogP contribution is 2.10. The predicted molar refractivity (Wildman–Crippen MR) is 102 cm³/mol. The zero-order valence-electron chi connectivity index (χ0n) is 17.0. The first-order chi connectivity index (χ1) is 12.4. The van der Waals surface area contributed by atoms with E-state index < -0.39 is 41.8 Å². The molecule has 0 saturated heterocycles. The van der Waals surface area contributed by atoms with Crippen LogP contribution in [-0.4, -0.2) is 53.5 Å². The Morgan fingerprint density at radius 2 is 1.44 bits per heavy atom. The van der Waals surface area contributed by atoms with E-state index in [0.29, 0.717) is 6.42 Å². The van der Waals surface area contributed by atoms with Crippen molar-refractivity contribution in [2.45, 2.75) is 66.1 Å². The van der Waals surface area contributed by atoms with Crippen LogP contribution >= 0.6 is 0 Å².